The lowest BCUT2D eigenvalue weighted by Crippen LogP contribution is -2.01. The number of rotatable bonds is 2. The maximum atomic E-state index is 12.4. The number of hydrogen-bond donors (Lipinski definition) is 0. The number of aromatic nitrogens is 1. The Morgan fingerprint density at radius 1 is 0.900 bits per heavy atom. The Morgan fingerprint density at radius 2 is 1.65 bits per heavy atom. The molecule has 0 aliphatic heterocycles. The highest BCUT2D eigenvalue weighted by Gasteiger charge is 2.11. The summed E-state index contributed by atoms with van der Waals surface area (Å²) in [7, 11) is 0. The van der Waals surface area contributed by atoms with Gasteiger partial charge in [0.25, 0.3) is 0 Å². The third-order valence-electron chi connectivity index (χ3n) is 3.05. The van der Waals surface area contributed by atoms with E-state index in [1.165, 1.54) is 0 Å². The van der Waals surface area contributed by atoms with Crippen molar-refractivity contribution in [2.75, 3.05) is 0 Å². The smallest absolute Gasteiger partial charge is 0.193 e. The molecule has 0 saturated carbocycles. The molecule has 0 spiro atoms. The van der Waals surface area contributed by atoms with Crippen LogP contribution in [0.25, 0.3) is 10.9 Å². The van der Waals surface area contributed by atoms with Crippen molar-refractivity contribution in [3.63, 3.8) is 0 Å². The minimum atomic E-state index is -0.0886. The monoisotopic (exact) mass is 301 g/mol. The lowest BCUT2D eigenvalue weighted by molar-refractivity contribution is 0.103. The van der Waals surface area contributed by atoms with E-state index >= 15 is 0 Å². The number of halogens is 2. The molecule has 0 fully saturated rings. The summed E-state index contributed by atoms with van der Waals surface area (Å²) in [6.45, 7) is 0. The van der Waals surface area contributed by atoms with E-state index in [4.69, 9.17) is 23.2 Å². The van der Waals surface area contributed by atoms with Crippen molar-refractivity contribution in [3.8, 4) is 0 Å². The minimum Gasteiger partial charge on any atom is -0.289 e. The number of benzene rings is 2. The molecule has 0 amide bonds. The van der Waals surface area contributed by atoms with Crippen LogP contribution in [0.4, 0.5) is 0 Å². The fraction of sp³-hybridized carbons (Fsp3) is 0. The zero-order chi connectivity index (χ0) is 14.1. The van der Waals surface area contributed by atoms with Gasteiger partial charge in [-0.3, -0.25) is 9.78 Å². The summed E-state index contributed by atoms with van der Waals surface area (Å²) in [5, 5.41) is 1.74. The number of pyridine rings is 1. The highest BCUT2D eigenvalue weighted by molar-refractivity contribution is 6.42. The summed E-state index contributed by atoms with van der Waals surface area (Å²) in [5.41, 5.74) is 1.98. The molecule has 0 atom stereocenters. The van der Waals surface area contributed by atoms with Gasteiger partial charge in [-0.05, 0) is 42.5 Å². The molecule has 0 unspecified atom stereocenters. The van der Waals surface area contributed by atoms with Gasteiger partial charge in [-0.25, -0.2) is 0 Å². The van der Waals surface area contributed by atoms with Crippen molar-refractivity contribution in [1.29, 1.82) is 0 Å². The maximum absolute atomic E-state index is 12.4. The Kier molecular flexibility index (Phi) is 3.43. The van der Waals surface area contributed by atoms with Gasteiger partial charge in [0, 0.05) is 22.7 Å². The Labute approximate surface area is 126 Å². The molecule has 0 saturated heterocycles. The second-order valence-corrected chi connectivity index (χ2v) is 5.18. The van der Waals surface area contributed by atoms with E-state index in [0.717, 1.165) is 10.9 Å². The highest BCUT2D eigenvalue weighted by atomic mass is 35.5. The molecule has 0 bridgehead atoms. The molecule has 98 valence electrons. The average molecular weight is 302 g/mol. The van der Waals surface area contributed by atoms with Crippen LogP contribution < -0.4 is 0 Å². The summed E-state index contributed by atoms with van der Waals surface area (Å²) in [6.07, 6.45) is 1.72. The first-order chi connectivity index (χ1) is 9.65. The van der Waals surface area contributed by atoms with Gasteiger partial charge in [0.1, 0.15) is 0 Å². The van der Waals surface area contributed by atoms with Gasteiger partial charge in [-0.15, -0.1) is 0 Å². The molecule has 0 aliphatic carbocycles. The molecular formula is C16H9Cl2NO. The molecule has 20 heavy (non-hydrogen) atoms. The van der Waals surface area contributed by atoms with Crippen molar-refractivity contribution in [2.24, 2.45) is 0 Å². The van der Waals surface area contributed by atoms with Crippen LogP contribution in [0, 0.1) is 0 Å². The topological polar surface area (TPSA) is 30.0 Å². The van der Waals surface area contributed by atoms with Gasteiger partial charge in [0.05, 0.1) is 15.6 Å². The van der Waals surface area contributed by atoms with Crippen LogP contribution in [0.3, 0.4) is 0 Å². The van der Waals surface area contributed by atoms with Crippen molar-refractivity contribution < 1.29 is 4.79 Å². The number of hydrogen-bond acceptors (Lipinski definition) is 2. The fourth-order valence-electron chi connectivity index (χ4n) is 2.02. The molecule has 4 heteroatoms. The Hall–Kier alpha value is -1.90. The summed E-state index contributed by atoms with van der Waals surface area (Å²) < 4.78 is 0. The number of nitrogens with zero attached hydrogens (tertiary/aromatic N) is 1. The summed E-state index contributed by atoms with van der Waals surface area (Å²) in [4.78, 5) is 16.7. The van der Waals surface area contributed by atoms with E-state index in [2.05, 4.69) is 4.98 Å². The first kappa shape index (κ1) is 13.1. The fourth-order valence-corrected chi connectivity index (χ4v) is 2.32. The number of carbonyl (C=O) groups is 1. The van der Waals surface area contributed by atoms with E-state index in [1.54, 1.807) is 30.5 Å². The van der Waals surface area contributed by atoms with Crippen LogP contribution in [0.1, 0.15) is 15.9 Å². The van der Waals surface area contributed by atoms with Crippen LogP contribution in [0.15, 0.2) is 54.7 Å². The predicted octanol–water partition coefficient (Wildman–Crippen LogP) is 4.77. The third-order valence-corrected chi connectivity index (χ3v) is 3.79. The van der Waals surface area contributed by atoms with E-state index < -0.39 is 0 Å². The largest absolute Gasteiger partial charge is 0.289 e. The lowest BCUT2D eigenvalue weighted by Gasteiger charge is -2.04. The third kappa shape index (κ3) is 2.40. The standard InChI is InChI=1S/C16H9Cl2NO/c17-13-5-3-12(9-14(13)18)16(20)11-4-6-15-10(8-11)2-1-7-19-15/h1-9H. The first-order valence-corrected chi connectivity index (χ1v) is 6.75. The van der Waals surface area contributed by atoms with Crippen LogP contribution in [0.5, 0.6) is 0 Å². The average Bonchev–Trinajstić information content (AvgIpc) is 2.49. The summed E-state index contributed by atoms with van der Waals surface area (Å²) in [6, 6.07) is 14.1. The zero-order valence-electron chi connectivity index (χ0n) is 10.3. The summed E-state index contributed by atoms with van der Waals surface area (Å²) in [5.74, 6) is -0.0886. The second kappa shape index (κ2) is 5.23. The summed E-state index contributed by atoms with van der Waals surface area (Å²) >= 11 is 11.8. The molecule has 3 rings (SSSR count). The van der Waals surface area contributed by atoms with E-state index in [9.17, 15) is 4.79 Å². The molecule has 2 aromatic carbocycles. The number of fused-ring (bicyclic) bond motifs is 1. The second-order valence-electron chi connectivity index (χ2n) is 4.37. The first-order valence-electron chi connectivity index (χ1n) is 6.00. The molecule has 1 aromatic heterocycles. The van der Waals surface area contributed by atoms with Crippen molar-refractivity contribution in [1.82, 2.24) is 4.98 Å². The van der Waals surface area contributed by atoms with Gasteiger partial charge in [0.2, 0.25) is 0 Å². The Bertz CT molecular complexity index is 814. The number of carbonyl (C=O) groups excluding carboxylic acids is 1. The van der Waals surface area contributed by atoms with E-state index in [-0.39, 0.29) is 5.78 Å². The van der Waals surface area contributed by atoms with Crippen molar-refractivity contribution in [3.05, 3.63) is 75.9 Å². The van der Waals surface area contributed by atoms with Gasteiger partial charge in [-0.1, -0.05) is 29.3 Å². The SMILES string of the molecule is O=C(c1ccc(Cl)c(Cl)c1)c1ccc2ncccc2c1. The lowest BCUT2D eigenvalue weighted by atomic mass is 10.0. The van der Waals surface area contributed by atoms with Gasteiger partial charge >= 0.3 is 0 Å². The van der Waals surface area contributed by atoms with Crippen LogP contribution in [0.2, 0.25) is 10.0 Å². The molecule has 0 aliphatic rings. The van der Waals surface area contributed by atoms with Gasteiger partial charge in [0.15, 0.2) is 5.78 Å². The number of ketones is 1. The molecule has 3 aromatic rings. The normalized spacial score (nSPS) is 10.7. The quantitative estimate of drug-likeness (QED) is 0.638. The highest BCUT2D eigenvalue weighted by Crippen LogP contribution is 2.24. The van der Waals surface area contributed by atoms with E-state index in [0.29, 0.717) is 21.2 Å². The predicted molar refractivity (Wildman–Crippen MR) is 81.6 cm³/mol. The molecule has 2 nitrogen and oxygen atoms in total. The van der Waals surface area contributed by atoms with Crippen LogP contribution in [-0.4, -0.2) is 10.8 Å². The van der Waals surface area contributed by atoms with Crippen LogP contribution in [-0.2, 0) is 0 Å². The van der Waals surface area contributed by atoms with Gasteiger partial charge < -0.3 is 0 Å². The van der Waals surface area contributed by atoms with Gasteiger partial charge in [-0.2, -0.15) is 0 Å². The molecular weight excluding hydrogens is 293 g/mol. The molecule has 1 heterocycles. The molecule has 0 radical (unpaired) electrons. The van der Waals surface area contributed by atoms with E-state index in [1.807, 2.05) is 24.3 Å². The zero-order valence-corrected chi connectivity index (χ0v) is 11.8. The van der Waals surface area contributed by atoms with Crippen molar-refractivity contribution in [2.45, 2.75) is 0 Å². The molecule has 0 N–H and O–H groups in total. The Balaban J connectivity index is 2.05. The van der Waals surface area contributed by atoms with Crippen molar-refractivity contribution >= 4 is 39.9 Å². The van der Waals surface area contributed by atoms with Crippen LogP contribution >= 0.6 is 23.2 Å². The minimum absolute atomic E-state index is 0.0886. The maximum Gasteiger partial charge on any atom is 0.193 e. The Morgan fingerprint density at radius 3 is 2.45 bits per heavy atom.